The highest BCUT2D eigenvalue weighted by atomic mass is 16.6. The van der Waals surface area contributed by atoms with Crippen molar-refractivity contribution in [3.05, 3.63) is 33.9 Å². The Balaban J connectivity index is 2.12. The fraction of sp³-hybridized carbons (Fsp3) is 0.462. The molecule has 1 fully saturated rings. The van der Waals surface area contributed by atoms with Gasteiger partial charge in [0.1, 0.15) is 0 Å². The Morgan fingerprint density at radius 2 is 2.26 bits per heavy atom. The third-order valence-corrected chi connectivity index (χ3v) is 3.43. The molecule has 19 heavy (non-hydrogen) atoms. The topological polar surface area (TPSA) is 102 Å². The molecular formula is C13H17N3O3. The van der Waals surface area contributed by atoms with Crippen molar-refractivity contribution in [3.63, 3.8) is 0 Å². The van der Waals surface area contributed by atoms with Crippen LogP contribution in [-0.4, -0.2) is 17.4 Å². The Labute approximate surface area is 111 Å². The molecule has 0 spiro atoms. The van der Waals surface area contributed by atoms with Crippen molar-refractivity contribution in [3.8, 4) is 5.75 Å². The van der Waals surface area contributed by atoms with E-state index in [1.54, 1.807) is 19.1 Å². The first-order valence-electron chi connectivity index (χ1n) is 6.13. The van der Waals surface area contributed by atoms with E-state index in [4.69, 9.17) is 15.9 Å². The van der Waals surface area contributed by atoms with Gasteiger partial charge in [-0.25, -0.2) is 0 Å². The van der Waals surface area contributed by atoms with Gasteiger partial charge in [0.05, 0.1) is 17.4 Å². The van der Waals surface area contributed by atoms with Crippen molar-refractivity contribution in [2.45, 2.75) is 26.2 Å². The Bertz CT molecular complexity index is 524. The molecule has 3 N–H and O–H groups in total. The van der Waals surface area contributed by atoms with E-state index in [2.05, 4.69) is 0 Å². The monoisotopic (exact) mass is 263 g/mol. The number of nitrogens with two attached hydrogens (primary N) is 1. The smallest absolute Gasteiger partial charge is 0.311 e. The van der Waals surface area contributed by atoms with E-state index < -0.39 is 4.92 Å². The second-order valence-electron chi connectivity index (χ2n) is 5.17. The lowest BCUT2D eigenvalue weighted by molar-refractivity contribution is -0.386. The van der Waals surface area contributed by atoms with Crippen molar-refractivity contribution in [1.82, 2.24) is 0 Å². The lowest BCUT2D eigenvalue weighted by atomic mass is 10.0. The Morgan fingerprint density at radius 1 is 1.58 bits per heavy atom. The van der Waals surface area contributed by atoms with Crippen LogP contribution >= 0.6 is 0 Å². The SMILES string of the molecule is Cc1cccc([N+](=O)[O-])c1OCC1(CC(=N)N)CC1. The summed E-state index contributed by atoms with van der Waals surface area (Å²) in [7, 11) is 0. The van der Waals surface area contributed by atoms with Crippen molar-refractivity contribution < 1.29 is 9.66 Å². The number of nitro groups is 1. The van der Waals surface area contributed by atoms with Gasteiger partial charge in [-0.05, 0) is 25.3 Å². The summed E-state index contributed by atoms with van der Waals surface area (Å²) >= 11 is 0. The van der Waals surface area contributed by atoms with E-state index >= 15 is 0 Å². The van der Waals surface area contributed by atoms with Crippen LogP contribution in [0.15, 0.2) is 18.2 Å². The standard InChI is InChI=1S/C13H17N3O3/c1-9-3-2-4-10(16(17)18)12(9)19-8-13(5-6-13)7-11(14)15/h2-4H,5-8H2,1H3,(H3,14,15). The van der Waals surface area contributed by atoms with E-state index in [1.165, 1.54) is 6.07 Å². The maximum absolute atomic E-state index is 11.0. The molecule has 102 valence electrons. The van der Waals surface area contributed by atoms with Crippen molar-refractivity contribution >= 4 is 11.5 Å². The van der Waals surface area contributed by atoms with E-state index in [1.807, 2.05) is 0 Å². The number of ether oxygens (including phenoxy) is 1. The molecule has 0 bridgehead atoms. The fourth-order valence-corrected chi connectivity index (χ4v) is 2.15. The van der Waals surface area contributed by atoms with E-state index in [9.17, 15) is 10.1 Å². The lowest BCUT2D eigenvalue weighted by Crippen LogP contribution is -2.22. The quantitative estimate of drug-likeness (QED) is 0.356. The predicted octanol–water partition coefficient (Wildman–Crippen LogP) is 2.39. The molecule has 1 aromatic carbocycles. The number of amidine groups is 1. The summed E-state index contributed by atoms with van der Waals surface area (Å²) in [6.07, 6.45) is 2.39. The van der Waals surface area contributed by atoms with Gasteiger partial charge in [-0.1, -0.05) is 12.1 Å². The number of para-hydroxylation sites is 1. The summed E-state index contributed by atoms with van der Waals surface area (Å²) in [5.74, 6) is 0.461. The Kier molecular flexibility index (Phi) is 3.42. The molecule has 1 aliphatic rings. The molecule has 0 aliphatic heterocycles. The molecule has 0 aromatic heterocycles. The first-order chi connectivity index (χ1) is 8.93. The number of nitro benzene ring substituents is 1. The van der Waals surface area contributed by atoms with Crippen LogP contribution < -0.4 is 10.5 Å². The Morgan fingerprint density at radius 3 is 2.79 bits per heavy atom. The lowest BCUT2D eigenvalue weighted by Gasteiger charge is -2.16. The molecular weight excluding hydrogens is 246 g/mol. The minimum atomic E-state index is -0.438. The fourth-order valence-electron chi connectivity index (χ4n) is 2.15. The highest BCUT2D eigenvalue weighted by molar-refractivity contribution is 5.78. The summed E-state index contributed by atoms with van der Waals surface area (Å²) in [5.41, 5.74) is 6.05. The summed E-state index contributed by atoms with van der Waals surface area (Å²) in [6.45, 7) is 2.16. The van der Waals surface area contributed by atoms with Gasteiger partial charge >= 0.3 is 5.69 Å². The van der Waals surface area contributed by atoms with E-state index in [-0.39, 0.29) is 16.9 Å². The second-order valence-corrected chi connectivity index (χ2v) is 5.17. The Hall–Kier alpha value is -2.11. The van der Waals surface area contributed by atoms with Crippen molar-refractivity contribution in [2.24, 2.45) is 11.1 Å². The van der Waals surface area contributed by atoms with Crippen LogP contribution in [0.25, 0.3) is 0 Å². The van der Waals surface area contributed by atoms with Gasteiger partial charge in [0.15, 0.2) is 5.75 Å². The highest BCUT2D eigenvalue weighted by Crippen LogP contribution is 2.49. The van der Waals surface area contributed by atoms with Crippen molar-refractivity contribution in [2.75, 3.05) is 6.61 Å². The summed E-state index contributed by atoms with van der Waals surface area (Å²) in [5, 5.41) is 18.3. The van der Waals surface area contributed by atoms with Gasteiger partial charge in [-0.3, -0.25) is 15.5 Å². The number of aryl methyl sites for hydroxylation is 1. The van der Waals surface area contributed by atoms with Crippen LogP contribution in [-0.2, 0) is 0 Å². The first-order valence-corrected chi connectivity index (χ1v) is 6.13. The normalized spacial score (nSPS) is 15.8. The zero-order valence-electron chi connectivity index (χ0n) is 10.8. The third kappa shape index (κ3) is 3.01. The van der Waals surface area contributed by atoms with Crippen LogP contribution in [0.3, 0.4) is 0 Å². The molecule has 2 rings (SSSR count). The molecule has 0 heterocycles. The summed E-state index contributed by atoms with van der Waals surface area (Å²) in [6, 6.07) is 4.86. The molecule has 0 saturated heterocycles. The van der Waals surface area contributed by atoms with Crippen molar-refractivity contribution in [1.29, 1.82) is 5.41 Å². The maximum Gasteiger partial charge on any atom is 0.311 e. The van der Waals surface area contributed by atoms with Gasteiger partial charge in [0.2, 0.25) is 0 Å². The highest BCUT2D eigenvalue weighted by Gasteiger charge is 2.44. The van der Waals surface area contributed by atoms with Crippen LogP contribution in [0.5, 0.6) is 5.75 Å². The maximum atomic E-state index is 11.0. The zero-order chi connectivity index (χ0) is 14.0. The molecule has 0 amide bonds. The summed E-state index contributed by atoms with van der Waals surface area (Å²) < 4.78 is 5.66. The number of rotatable bonds is 6. The largest absolute Gasteiger partial charge is 0.486 e. The number of hydrogen-bond donors (Lipinski definition) is 2. The number of hydrogen-bond acceptors (Lipinski definition) is 4. The molecule has 0 unspecified atom stereocenters. The van der Waals surface area contributed by atoms with Gasteiger partial charge in [-0.15, -0.1) is 0 Å². The van der Waals surface area contributed by atoms with Gasteiger partial charge < -0.3 is 10.5 Å². The second kappa shape index (κ2) is 4.87. The van der Waals surface area contributed by atoms with Gasteiger partial charge in [0, 0.05) is 17.9 Å². The molecule has 0 radical (unpaired) electrons. The average Bonchev–Trinajstić information content (AvgIpc) is 3.06. The zero-order valence-corrected chi connectivity index (χ0v) is 10.8. The molecule has 0 atom stereocenters. The molecule has 1 saturated carbocycles. The molecule has 1 aliphatic carbocycles. The number of benzene rings is 1. The van der Waals surface area contributed by atoms with Crippen LogP contribution in [0.2, 0.25) is 0 Å². The van der Waals surface area contributed by atoms with Crippen LogP contribution in [0.4, 0.5) is 5.69 Å². The predicted molar refractivity (Wildman–Crippen MR) is 71.5 cm³/mol. The summed E-state index contributed by atoms with van der Waals surface area (Å²) in [4.78, 5) is 10.5. The molecule has 6 heteroatoms. The average molecular weight is 263 g/mol. The van der Waals surface area contributed by atoms with Gasteiger partial charge in [0.25, 0.3) is 0 Å². The van der Waals surface area contributed by atoms with Gasteiger partial charge in [-0.2, -0.15) is 0 Å². The van der Waals surface area contributed by atoms with E-state index in [0.29, 0.717) is 18.8 Å². The minimum absolute atomic E-state index is 0.0152. The first kappa shape index (κ1) is 13.3. The molecule has 1 aromatic rings. The number of nitrogens with one attached hydrogen (secondary N) is 1. The van der Waals surface area contributed by atoms with E-state index in [0.717, 1.165) is 18.4 Å². The third-order valence-electron chi connectivity index (χ3n) is 3.43. The number of nitrogens with zero attached hydrogens (tertiary/aromatic N) is 1. The van der Waals surface area contributed by atoms with Crippen LogP contribution in [0, 0.1) is 27.9 Å². The van der Waals surface area contributed by atoms with Crippen LogP contribution in [0.1, 0.15) is 24.8 Å². The molecule has 6 nitrogen and oxygen atoms in total. The minimum Gasteiger partial charge on any atom is -0.486 e.